The van der Waals surface area contributed by atoms with Gasteiger partial charge >= 0.3 is 0 Å². The molecule has 0 aromatic rings. The van der Waals surface area contributed by atoms with Crippen molar-refractivity contribution < 1.29 is 18.9 Å². The summed E-state index contributed by atoms with van der Waals surface area (Å²) in [4.78, 5) is 0. The molecule has 2 aliphatic heterocycles. The summed E-state index contributed by atoms with van der Waals surface area (Å²) in [5.41, 5.74) is 0.297. The topological polar surface area (TPSA) is 60.7 Å². The highest BCUT2D eigenvalue weighted by atomic mass is 16.7. The Morgan fingerprint density at radius 2 is 1.55 bits per heavy atom. The number of rotatable bonds is 1. The van der Waals surface area contributed by atoms with E-state index in [2.05, 4.69) is 13.0 Å². The van der Waals surface area contributed by atoms with Gasteiger partial charge in [0, 0.05) is 31.1 Å². The average Bonchev–Trinajstić information content (AvgIpc) is 3.44. The maximum atomic E-state index is 9.85. The van der Waals surface area contributed by atoms with Crippen molar-refractivity contribution >= 4 is 0 Å². The maximum Gasteiger partial charge on any atom is 0.174 e. The van der Waals surface area contributed by atoms with E-state index in [-0.39, 0.29) is 22.4 Å². The lowest BCUT2D eigenvalue weighted by Gasteiger charge is -2.62. The fourth-order valence-electron chi connectivity index (χ4n) is 9.14. The molecule has 6 rings (SSSR count). The molecule has 0 aromatic heterocycles. The minimum atomic E-state index is -0.345. The van der Waals surface area contributed by atoms with Gasteiger partial charge in [0.15, 0.2) is 11.6 Å². The van der Waals surface area contributed by atoms with E-state index in [1.807, 2.05) is 0 Å². The van der Waals surface area contributed by atoms with Gasteiger partial charge in [0.2, 0.25) is 0 Å². The summed E-state index contributed by atoms with van der Waals surface area (Å²) in [6.45, 7) is 5.41. The molecule has 0 radical (unpaired) electrons. The van der Waals surface area contributed by atoms with E-state index in [0.29, 0.717) is 30.1 Å². The highest BCUT2D eigenvalue weighted by Crippen LogP contribution is 2.70. The summed E-state index contributed by atoms with van der Waals surface area (Å²) >= 11 is 0. The molecule has 0 bridgehead atoms. The lowest BCUT2D eigenvalue weighted by atomic mass is 9.43. The summed E-state index contributed by atoms with van der Waals surface area (Å²) in [6.07, 6.45) is 10.9. The third-order valence-corrected chi connectivity index (χ3v) is 10.4. The number of hydrogen-bond donors (Lipinski definition) is 0. The second-order valence-electron chi connectivity index (χ2n) is 11.0. The van der Waals surface area contributed by atoms with Crippen molar-refractivity contribution in [2.75, 3.05) is 26.4 Å². The summed E-state index contributed by atoms with van der Waals surface area (Å²) in [7, 11) is 0. The fraction of sp³-hybridized carbons (Fsp3) is 0.958. The Kier molecular flexibility index (Phi) is 4.22. The van der Waals surface area contributed by atoms with Crippen LogP contribution in [0.1, 0.15) is 71.1 Å². The Bertz CT molecular complexity index is 706. The van der Waals surface area contributed by atoms with Crippen LogP contribution in [0.25, 0.3) is 0 Å². The van der Waals surface area contributed by atoms with Crippen LogP contribution < -0.4 is 0 Å². The normalized spacial score (nSPS) is 49.5. The zero-order valence-electron chi connectivity index (χ0n) is 17.8. The highest BCUT2D eigenvalue weighted by molar-refractivity contribution is 5.15. The smallest absolute Gasteiger partial charge is 0.174 e. The van der Waals surface area contributed by atoms with E-state index in [4.69, 9.17) is 18.9 Å². The predicted octanol–water partition coefficient (Wildman–Crippen LogP) is 4.41. The average molecular weight is 402 g/mol. The molecular formula is C24H35NO4. The SMILES string of the molecule is CC12CCC3C(CCC4CC5(CCC43CC#N)OCCO5)C1CCC21OCCO1. The van der Waals surface area contributed by atoms with Gasteiger partial charge in [-0.1, -0.05) is 6.92 Å². The lowest BCUT2D eigenvalue weighted by molar-refractivity contribution is -0.259. The second kappa shape index (κ2) is 6.42. The zero-order chi connectivity index (χ0) is 19.7. The number of hydrogen-bond acceptors (Lipinski definition) is 5. The van der Waals surface area contributed by atoms with Crippen LogP contribution in [0.2, 0.25) is 0 Å². The van der Waals surface area contributed by atoms with Gasteiger partial charge in [0.05, 0.1) is 32.5 Å². The van der Waals surface area contributed by atoms with Crippen LogP contribution in [-0.4, -0.2) is 38.0 Å². The third-order valence-electron chi connectivity index (χ3n) is 10.4. The van der Waals surface area contributed by atoms with Crippen molar-refractivity contribution in [1.82, 2.24) is 0 Å². The summed E-state index contributed by atoms with van der Waals surface area (Å²) in [5, 5.41) is 9.85. The van der Waals surface area contributed by atoms with Crippen LogP contribution in [0.3, 0.4) is 0 Å². The summed E-state index contributed by atoms with van der Waals surface area (Å²) < 4.78 is 24.8. The van der Waals surface area contributed by atoms with Gasteiger partial charge < -0.3 is 18.9 Å². The Labute approximate surface area is 174 Å². The molecule has 160 valence electrons. The van der Waals surface area contributed by atoms with Gasteiger partial charge in [-0.15, -0.1) is 0 Å². The quantitative estimate of drug-likeness (QED) is 0.651. The molecular weight excluding hydrogens is 366 g/mol. The van der Waals surface area contributed by atoms with Crippen molar-refractivity contribution in [1.29, 1.82) is 5.26 Å². The maximum absolute atomic E-state index is 9.85. The number of ether oxygens (including phenoxy) is 4. The van der Waals surface area contributed by atoms with Gasteiger partial charge in [-0.05, 0) is 67.6 Å². The molecule has 0 aromatic carbocycles. The molecule has 6 atom stereocenters. The first-order valence-corrected chi connectivity index (χ1v) is 12.0. The first-order valence-electron chi connectivity index (χ1n) is 12.0. The molecule has 6 aliphatic rings. The van der Waals surface area contributed by atoms with Crippen molar-refractivity contribution in [3.8, 4) is 6.07 Å². The molecule has 2 spiro atoms. The first kappa shape index (κ1) is 19.0. The fourth-order valence-corrected chi connectivity index (χ4v) is 9.14. The van der Waals surface area contributed by atoms with Gasteiger partial charge in [-0.2, -0.15) is 5.26 Å². The summed E-state index contributed by atoms with van der Waals surface area (Å²) in [6, 6.07) is 2.63. The molecule has 0 amide bonds. The Balaban J connectivity index is 1.31. The zero-order valence-corrected chi connectivity index (χ0v) is 17.8. The van der Waals surface area contributed by atoms with Crippen LogP contribution in [0.4, 0.5) is 0 Å². The van der Waals surface area contributed by atoms with Crippen LogP contribution >= 0.6 is 0 Å². The van der Waals surface area contributed by atoms with Crippen molar-refractivity contribution in [2.45, 2.75) is 82.7 Å². The van der Waals surface area contributed by atoms with Gasteiger partial charge in [-0.3, -0.25) is 0 Å². The molecule has 2 saturated heterocycles. The van der Waals surface area contributed by atoms with Crippen molar-refractivity contribution in [2.24, 2.45) is 34.5 Å². The second-order valence-corrected chi connectivity index (χ2v) is 11.0. The van der Waals surface area contributed by atoms with Gasteiger partial charge in [0.25, 0.3) is 0 Å². The Morgan fingerprint density at radius 3 is 2.31 bits per heavy atom. The minimum absolute atomic E-state index is 0.138. The first-order chi connectivity index (χ1) is 14.1. The third kappa shape index (κ3) is 2.41. The standard InChI is InChI=1S/C24H35NO4/c1-21-6-4-20-18(19(21)5-7-24(21)28-14-15-29-24)3-2-17-16-23(26-12-13-27-23)9-8-22(17,20)10-11-25/h17-20H,2-10,12-16H2,1H3. The Hall–Kier alpha value is -0.670. The van der Waals surface area contributed by atoms with Crippen LogP contribution in [0.5, 0.6) is 0 Å². The molecule has 4 aliphatic carbocycles. The molecule has 5 nitrogen and oxygen atoms in total. The number of fused-ring (bicyclic) bond motifs is 6. The lowest BCUT2D eigenvalue weighted by Crippen LogP contribution is -2.59. The van der Waals surface area contributed by atoms with E-state index in [1.165, 1.54) is 32.1 Å². The molecule has 29 heavy (non-hydrogen) atoms. The van der Waals surface area contributed by atoms with Crippen LogP contribution in [0, 0.1) is 45.8 Å². The highest BCUT2D eigenvalue weighted by Gasteiger charge is 2.68. The van der Waals surface area contributed by atoms with E-state index in [1.54, 1.807) is 0 Å². The van der Waals surface area contributed by atoms with E-state index < -0.39 is 0 Å². The van der Waals surface area contributed by atoms with E-state index >= 15 is 0 Å². The monoisotopic (exact) mass is 401 g/mol. The molecule has 2 heterocycles. The summed E-state index contributed by atoms with van der Waals surface area (Å²) in [5.74, 6) is 1.94. The van der Waals surface area contributed by atoms with Gasteiger partial charge in [-0.25, -0.2) is 0 Å². The molecule has 0 N–H and O–H groups in total. The number of nitrogens with zero attached hydrogens (tertiary/aromatic N) is 1. The van der Waals surface area contributed by atoms with Crippen molar-refractivity contribution in [3.05, 3.63) is 0 Å². The Morgan fingerprint density at radius 1 is 0.828 bits per heavy atom. The molecule has 5 heteroatoms. The largest absolute Gasteiger partial charge is 0.348 e. The molecule has 6 unspecified atom stereocenters. The number of nitriles is 1. The van der Waals surface area contributed by atoms with Crippen molar-refractivity contribution in [3.63, 3.8) is 0 Å². The van der Waals surface area contributed by atoms with E-state index in [9.17, 15) is 5.26 Å². The van der Waals surface area contributed by atoms with Crippen LogP contribution in [-0.2, 0) is 18.9 Å². The molecule has 6 fully saturated rings. The van der Waals surface area contributed by atoms with Gasteiger partial charge in [0.1, 0.15) is 0 Å². The predicted molar refractivity (Wildman–Crippen MR) is 106 cm³/mol. The van der Waals surface area contributed by atoms with E-state index in [0.717, 1.165) is 52.1 Å². The van der Waals surface area contributed by atoms with Crippen LogP contribution in [0.15, 0.2) is 0 Å². The molecule has 4 saturated carbocycles. The minimum Gasteiger partial charge on any atom is -0.348 e.